The Morgan fingerprint density at radius 2 is 2.32 bits per heavy atom. The average Bonchev–Trinajstić information content (AvgIpc) is 2.86. The summed E-state index contributed by atoms with van der Waals surface area (Å²) in [6.07, 6.45) is 6.93. The lowest BCUT2D eigenvalue weighted by atomic mass is 9.97. The number of rotatable bonds is 3. The van der Waals surface area contributed by atoms with Crippen LogP contribution in [0.4, 0.5) is 5.69 Å². The molecule has 2 unspecified atom stereocenters. The number of anilines is 1. The minimum Gasteiger partial charge on any atom is -0.388 e. The predicted octanol–water partition coefficient (Wildman–Crippen LogP) is 1.75. The van der Waals surface area contributed by atoms with Crippen LogP contribution < -0.4 is 11.1 Å². The van der Waals surface area contributed by atoms with Crippen LogP contribution in [-0.4, -0.2) is 40.0 Å². The summed E-state index contributed by atoms with van der Waals surface area (Å²) >= 11 is 4.97. The van der Waals surface area contributed by atoms with Crippen molar-refractivity contribution in [2.45, 2.75) is 37.8 Å². The van der Waals surface area contributed by atoms with E-state index in [0.29, 0.717) is 16.7 Å². The van der Waals surface area contributed by atoms with E-state index >= 15 is 0 Å². The topological polar surface area (TPSA) is 54.2 Å². The average molecular weight is 276 g/mol. The van der Waals surface area contributed by atoms with Gasteiger partial charge >= 0.3 is 0 Å². The van der Waals surface area contributed by atoms with Crippen molar-refractivity contribution in [3.63, 3.8) is 0 Å². The van der Waals surface area contributed by atoms with E-state index in [2.05, 4.69) is 15.2 Å². The minimum absolute atomic E-state index is 0.356. The molecule has 1 aromatic heterocycles. The number of hydrogen-bond donors (Lipinski definition) is 2. The van der Waals surface area contributed by atoms with Crippen LogP contribution in [0.2, 0.25) is 0 Å². The lowest BCUT2D eigenvalue weighted by molar-refractivity contribution is 0.188. The lowest BCUT2D eigenvalue weighted by Gasteiger charge is -2.35. The smallest absolute Gasteiger partial charge is 0.122 e. The summed E-state index contributed by atoms with van der Waals surface area (Å²) in [5, 5.41) is 3.61. The third-order valence-electron chi connectivity index (χ3n) is 4.20. The maximum atomic E-state index is 5.62. The zero-order valence-corrected chi connectivity index (χ0v) is 11.8. The molecule has 2 aliphatic heterocycles. The van der Waals surface area contributed by atoms with E-state index in [-0.39, 0.29) is 0 Å². The molecule has 2 saturated heterocycles. The number of fused-ring (bicyclic) bond motifs is 1. The van der Waals surface area contributed by atoms with Gasteiger partial charge in [0.1, 0.15) is 4.99 Å². The van der Waals surface area contributed by atoms with E-state index in [1.807, 2.05) is 12.1 Å². The summed E-state index contributed by atoms with van der Waals surface area (Å²) in [5.74, 6) is 0. The van der Waals surface area contributed by atoms with Crippen LogP contribution in [0.3, 0.4) is 0 Å². The SMILES string of the molecule is NC(=S)c1cc(NC2CCN3CCCC3C2)ccn1. The number of aromatic nitrogens is 1. The molecule has 0 aliphatic carbocycles. The molecular weight excluding hydrogens is 256 g/mol. The number of nitrogens with zero attached hydrogens (tertiary/aromatic N) is 2. The first-order chi connectivity index (χ1) is 9.22. The number of nitrogens with one attached hydrogen (secondary N) is 1. The lowest BCUT2D eigenvalue weighted by Crippen LogP contribution is -2.42. The van der Waals surface area contributed by atoms with Gasteiger partial charge in [0, 0.05) is 30.5 Å². The van der Waals surface area contributed by atoms with Gasteiger partial charge in [-0.2, -0.15) is 0 Å². The van der Waals surface area contributed by atoms with E-state index in [4.69, 9.17) is 18.0 Å². The van der Waals surface area contributed by atoms with Crippen molar-refractivity contribution >= 4 is 22.9 Å². The molecule has 5 heteroatoms. The first-order valence-corrected chi connectivity index (χ1v) is 7.39. The predicted molar refractivity (Wildman–Crippen MR) is 81.4 cm³/mol. The van der Waals surface area contributed by atoms with Crippen molar-refractivity contribution in [1.29, 1.82) is 0 Å². The second-order valence-electron chi connectivity index (χ2n) is 5.49. The molecule has 0 bridgehead atoms. The largest absolute Gasteiger partial charge is 0.388 e. The third-order valence-corrected chi connectivity index (χ3v) is 4.41. The highest BCUT2D eigenvalue weighted by atomic mass is 32.1. The van der Waals surface area contributed by atoms with Gasteiger partial charge in [-0.3, -0.25) is 4.98 Å². The van der Waals surface area contributed by atoms with Gasteiger partial charge < -0.3 is 16.0 Å². The van der Waals surface area contributed by atoms with Gasteiger partial charge in [0.05, 0.1) is 5.69 Å². The quantitative estimate of drug-likeness (QED) is 0.824. The first-order valence-electron chi connectivity index (χ1n) is 6.99. The van der Waals surface area contributed by atoms with Crippen molar-refractivity contribution in [1.82, 2.24) is 9.88 Å². The van der Waals surface area contributed by atoms with Crippen LogP contribution in [0.1, 0.15) is 31.4 Å². The van der Waals surface area contributed by atoms with Gasteiger partial charge in [-0.25, -0.2) is 0 Å². The van der Waals surface area contributed by atoms with Crippen LogP contribution >= 0.6 is 12.2 Å². The van der Waals surface area contributed by atoms with Crippen molar-refractivity contribution < 1.29 is 0 Å². The van der Waals surface area contributed by atoms with E-state index in [1.165, 1.54) is 38.8 Å². The molecule has 4 nitrogen and oxygen atoms in total. The summed E-state index contributed by atoms with van der Waals surface area (Å²) in [4.78, 5) is 7.16. The number of pyridine rings is 1. The Bertz CT molecular complexity index is 476. The maximum absolute atomic E-state index is 5.62. The van der Waals surface area contributed by atoms with Crippen molar-refractivity contribution in [2.75, 3.05) is 18.4 Å². The van der Waals surface area contributed by atoms with Crippen LogP contribution in [0.25, 0.3) is 0 Å². The zero-order chi connectivity index (χ0) is 13.2. The molecule has 0 spiro atoms. The summed E-state index contributed by atoms with van der Waals surface area (Å²) in [6.45, 7) is 2.51. The standard InChI is InChI=1S/C14H20N4S/c15-14(19)13-9-10(3-5-16-13)17-11-4-7-18-6-1-2-12(18)8-11/h3,5,9,11-12H,1-2,4,6-8H2,(H2,15,19)(H,16,17). The fraction of sp³-hybridized carbons (Fsp3) is 0.571. The number of hydrogen-bond acceptors (Lipinski definition) is 4. The number of piperidine rings is 1. The van der Waals surface area contributed by atoms with Crippen LogP contribution in [0, 0.1) is 0 Å². The second-order valence-corrected chi connectivity index (χ2v) is 5.93. The van der Waals surface area contributed by atoms with Crippen molar-refractivity contribution in [2.24, 2.45) is 5.73 Å². The summed E-state index contributed by atoms with van der Waals surface area (Å²) in [5.41, 5.74) is 7.39. The Labute approximate surface area is 119 Å². The highest BCUT2D eigenvalue weighted by Gasteiger charge is 2.31. The Kier molecular flexibility index (Phi) is 3.66. The highest BCUT2D eigenvalue weighted by molar-refractivity contribution is 7.80. The van der Waals surface area contributed by atoms with Crippen LogP contribution in [-0.2, 0) is 0 Å². The summed E-state index contributed by atoms with van der Waals surface area (Å²) in [6, 6.07) is 5.27. The van der Waals surface area contributed by atoms with Gasteiger partial charge in [-0.15, -0.1) is 0 Å². The molecule has 2 atom stereocenters. The minimum atomic E-state index is 0.356. The molecular formula is C14H20N4S. The van der Waals surface area contributed by atoms with Gasteiger partial charge in [0.15, 0.2) is 0 Å². The molecule has 3 rings (SSSR count). The van der Waals surface area contributed by atoms with E-state index < -0.39 is 0 Å². The molecule has 0 aromatic carbocycles. The fourth-order valence-electron chi connectivity index (χ4n) is 3.25. The maximum Gasteiger partial charge on any atom is 0.122 e. The van der Waals surface area contributed by atoms with Gasteiger partial charge in [-0.05, 0) is 44.4 Å². The highest BCUT2D eigenvalue weighted by Crippen LogP contribution is 2.28. The monoisotopic (exact) mass is 276 g/mol. The second kappa shape index (κ2) is 5.43. The van der Waals surface area contributed by atoms with E-state index in [0.717, 1.165) is 11.7 Å². The molecule has 102 valence electrons. The third kappa shape index (κ3) is 2.87. The first kappa shape index (κ1) is 12.8. The molecule has 1 aromatic rings. The molecule has 3 N–H and O–H groups in total. The molecule has 2 fully saturated rings. The van der Waals surface area contributed by atoms with Crippen LogP contribution in [0.5, 0.6) is 0 Å². The van der Waals surface area contributed by atoms with Crippen LogP contribution in [0.15, 0.2) is 18.3 Å². The van der Waals surface area contributed by atoms with Gasteiger partial charge in [0.2, 0.25) is 0 Å². The summed E-state index contributed by atoms with van der Waals surface area (Å²) < 4.78 is 0. The Balaban J connectivity index is 1.65. The van der Waals surface area contributed by atoms with E-state index in [9.17, 15) is 0 Å². The fourth-order valence-corrected chi connectivity index (χ4v) is 3.36. The van der Waals surface area contributed by atoms with Gasteiger partial charge in [0.25, 0.3) is 0 Å². The zero-order valence-electron chi connectivity index (χ0n) is 11.0. The Hall–Kier alpha value is -1.20. The molecule has 0 amide bonds. The van der Waals surface area contributed by atoms with Crippen molar-refractivity contribution in [3.8, 4) is 0 Å². The number of thiocarbonyl (C=S) groups is 1. The molecule has 2 aliphatic rings. The molecule has 0 saturated carbocycles. The molecule has 0 radical (unpaired) electrons. The number of nitrogens with two attached hydrogens (primary N) is 1. The Morgan fingerprint density at radius 1 is 1.42 bits per heavy atom. The van der Waals surface area contributed by atoms with Gasteiger partial charge in [-0.1, -0.05) is 12.2 Å². The van der Waals surface area contributed by atoms with E-state index in [1.54, 1.807) is 6.20 Å². The molecule has 19 heavy (non-hydrogen) atoms. The van der Waals surface area contributed by atoms with Crippen molar-refractivity contribution in [3.05, 3.63) is 24.0 Å². The summed E-state index contributed by atoms with van der Waals surface area (Å²) in [7, 11) is 0. The normalized spacial score (nSPS) is 26.9. The molecule has 3 heterocycles. The Morgan fingerprint density at radius 3 is 3.16 bits per heavy atom.